The number of esters is 1. The molecule has 5 nitrogen and oxygen atoms in total. The third kappa shape index (κ3) is 6.29. The lowest BCUT2D eigenvalue weighted by molar-refractivity contribution is -0.141. The zero-order valence-corrected chi connectivity index (χ0v) is 24.9. The molecule has 220 valence electrons. The van der Waals surface area contributed by atoms with E-state index in [0.717, 1.165) is 60.7 Å². The third-order valence-corrected chi connectivity index (χ3v) is 7.62. The van der Waals surface area contributed by atoms with Crippen molar-refractivity contribution in [3.8, 4) is 44.9 Å². The minimum absolute atomic E-state index is 0.160. The van der Waals surface area contributed by atoms with Crippen LogP contribution >= 0.6 is 0 Å². The molecule has 6 rings (SSSR count). The minimum atomic E-state index is -0.335. The molecule has 6 aromatic rings. The normalized spacial score (nSPS) is 11.0. The Morgan fingerprint density at radius 1 is 0.523 bits per heavy atom. The molecule has 0 amide bonds. The van der Waals surface area contributed by atoms with E-state index in [2.05, 4.69) is 97.1 Å². The lowest BCUT2D eigenvalue weighted by atomic mass is 9.90. The van der Waals surface area contributed by atoms with Crippen molar-refractivity contribution < 1.29 is 23.7 Å². The van der Waals surface area contributed by atoms with Crippen LogP contribution < -0.4 is 9.47 Å². The molecule has 44 heavy (non-hydrogen) atoms. The lowest BCUT2D eigenvalue weighted by Gasteiger charge is -2.20. The number of methoxy groups -OCH3 is 1. The first-order valence-corrected chi connectivity index (χ1v) is 14.7. The fraction of sp³-hybridized carbons (Fsp3) is 0.154. The Hall–Kier alpha value is -5.13. The van der Waals surface area contributed by atoms with E-state index in [1.165, 1.54) is 6.92 Å². The van der Waals surface area contributed by atoms with Crippen molar-refractivity contribution >= 4 is 27.5 Å². The van der Waals surface area contributed by atoms with Crippen molar-refractivity contribution in [3.63, 3.8) is 0 Å². The van der Waals surface area contributed by atoms with Crippen molar-refractivity contribution in [1.29, 1.82) is 0 Å². The van der Waals surface area contributed by atoms with Crippen LogP contribution in [0.1, 0.15) is 6.92 Å². The second kappa shape index (κ2) is 13.4. The van der Waals surface area contributed by atoms with E-state index in [1.807, 2.05) is 24.3 Å². The minimum Gasteiger partial charge on any atom is -0.491 e. The number of rotatable bonds is 11. The largest absolute Gasteiger partial charge is 0.491 e. The van der Waals surface area contributed by atoms with Crippen LogP contribution in [0.2, 0.25) is 0 Å². The molecule has 5 heteroatoms. The van der Waals surface area contributed by atoms with Gasteiger partial charge in [0.2, 0.25) is 0 Å². The molecule has 0 radical (unpaired) electrons. The number of benzene rings is 6. The van der Waals surface area contributed by atoms with Crippen LogP contribution in [0.5, 0.6) is 11.5 Å². The molecule has 0 saturated carbocycles. The van der Waals surface area contributed by atoms with Crippen LogP contribution in [0.4, 0.5) is 0 Å². The van der Waals surface area contributed by atoms with Crippen LogP contribution in [0, 0.1) is 0 Å². The second-order valence-corrected chi connectivity index (χ2v) is 10.5. The van der Waals surface area contributed by atoms with Gasteiger partial charge in [-0.1, -0.05) is 97.1 Å². The van der Waals surface area contributed by atoms with Gasteiger partial charge in [0.15, 0.2) is 0 Å². The molecule has 0 aliphatic rings. The van der Waals surface area contributed by atoms with Crippen molar-refractivity contribution in [3.05, 3.63) is 121 Å². The Kier molecular flexibility index (Phi) is 8.85. The van der Waals surface area contributed by atoms with E-state index >= 15 is 0 Å². The summed E-state index contributed by atoms with van der Waals surface area (Å²) in [6, 6.07) is 42.0. The van der Waals surface area contributed by atoms with Gasteiger partial charge in [0.05, 0.1) is 6.61 Å². The fourth-order valence-electron chi connectivity index (χ4n) is 5.57. The second-order valence-electron chi connectivity index (χ2n) is 10.5. The molecule has 0 heterocycles. The van der Waals surface area contributed by atoms with Gasteiger partial charge in [0.1, 0.15) is 31.3 Å². The summed E-state index contributed by atoms with van der Waals surface area (Å²) >= 11 is 0. The van der Waals surface area contributed by atoms with Crippen molar-refractivity contribution in [2.45, 2.75) is 6.92 Å². The van der Waals surface area contributed by atoms with Gasteiger partial charge in [-0.05, 0) is 68.1 Å². The highest BCUT2D eigenvalue weighted by molar-refractivity contribution is 6.11. The fourth-order valence-corrected chi connectivity index (χ4v) is 5.57. The standard InChI is InChI=1S/C39H34O5/c1-27(40)42-23-24-44-37-20-16-33-26-31(29-11-7-4-8-12-29)14-18-35(33)39(37)38-34-17-13-30(28-9-5-3-6-10-28)25-32(34)15-19-36(38)43-22-21-41-2/h3-20,25-26H,21-24H2,1-2H3. The van der Waals surface area contributed by atoms with Gasteiger partial charge in [0.25, 0.3) is 0 Å². The molecule has 0 fully saturated rings. The molecule has 0 saturated heterocycles. The maximum atomic E-state index is 11.4. The van der Waals surface area contributed by atoms with Crippen molar-refractivity contribution in [2.24, 2.45) is 0 Å². The van der Waals surface area contributed by atoms with Gasteiger partial charge in [-0.15, -0.1) is 0 Å². The first-order valence-electron chi connectivity index (χ1n) is 14.7. The Bertz CT molecular complexity index is 1900. The maximum absolute atomic E-state index is 11.4. The van der Waals surface area contributed by atoms with Crippen molar-refractivity contribution in [2.75, 3.05) is 33.5 Å². The highest BCUT2D eigenvalue weighted by atomic mass is 16.6. The molecule has 0 atom stereocenters. The number of fused-ring (bicyclic) bond motifs is 2. The maximum Gasteiger partial charge on any atom is 0.302 e. The summed E-state index contributed by atoms with van der Waals surface area (Å²) in [6.07, 6.45) is 0. The number of hydrogen-bond donors (Lipinski definition) is 0. The van der Waals surface area contributed by atoms with Crippen LogP contribution in [-0.4, -0.2) is 39.5 Å². The summed E-state index contributed by atoms with van der Waals surface area (Å²) in [5.41, 5.74) is 6.45. The predicted molar refractivity (Wildman–Crippen MR) is 177 cm³/mol. The van der Waals surface area contributed by atoms with E-state index in [4.69, 9.17) is 18.9 Å². The zero-order chi connectivity index (χ0) is 30.3. The SMILES string of the molecule is COCCOc1ccc2cc(-c3ccccc3)ccc2c1-c1c(OCCOC(C)=O)ccc2cc(-c3ccccc3)ccc12. The Morgan fingerprint density at radius 2 is 1.00 bits per heavy atom. The van der Waals surface area contributed by atoms with Gasteiger partial charge in [-0.3, -0.25) is 4.79 Å². The highest BCUT2D eigenvalue weighted by Crippen LogP contribution is 2.46. The monoisotopic (exact) mass is 582 g/mol. The number of ether oxygens (including phenoxy) is 4. The molecule has 6 aromatic carbocycles. The van der Waals surface area contributed by atoms with E-state index < -0.39 is 0 Å². The molecule has 0 aliphatic carbocycles. The molecule has 0 unspecified atom stereocenters. The number of hydrogen-bond acceptors (Lipinski definition) is 5. The Balaban J connectivity index is 1.56. The highest BCUT2D eigenvalue weighted by Gasteiger charge is 2.20. The molecule has 0 spiro atoms. The number of carbonyl (C=O) groups is 1. The third-order valence-electron chi connectivity index (χ3n) is 7.62. The van der Waals surface area contributed by atoms with Crippen LogP contribution in [0.3, 0.4) is 0 Å². The predicted octanol–water partition coefficient (Wildman–Crippen LogP) is 8.96. The molecule has 0 N–H and O–H groups in total. The summed E-state index contributed by atoms with van der Waals surface area (Å²) < 4.78 is 23.2. The molecule has 0 aromatic heterocycles. The van der Waals surface area contributed by atoms with E-state index in [0.29, 0.717) is 19.0 Å². The molecular weight excluding hydrogens is 548 g/mol. The van der Waals surface area contributed by atoms with E-state index in [1.54, 1.807) is 7.11 Å². The summed E-state index contributed by atoms with van der Waals surface area (Å²) in [6.45, 7) is 2.65. The zero-order valence-electron chi connectivity index (χ0n) is 24.9. The first-order chi connectivity index (χ1) is 21.6. The van der Waals surface area contributed by atoms with Crippen LogP contribution in [0.25, 0.3) is 54.9 Å². The summed E-state index contributed by atoms with van der Waals surface area (Å²) in [4.78, 5) is 11.4. The summed E-state index contributed by atoms with van der Waals surface area (Å²) in [5.74, 6) is 1.10. The molecule has 0 aliphatic heterocycles. The van der Waals surface area contributed by atoms with Crippen LogP contribution in [-0.2, 0) is 14.3 Å². The summed E-state index contributed by atoms with van der Waals surface area (Å²) in [7, 11) is 1.67. The van der Waals surface area contributed by atoms with Gasteiger partial charge >= 0.3 is 5.97 Å². The average molecular weight is 583 g/mol. The average Bonchev–Trinajstić information content (AvgIpc) is 3.07. The van der Waals surface area contributed by atoms with E-state index in [-0.39, 0.29) is 19.2 Å². The van der Waals surface area contributed by atoms with Crippen molar-refractivity contribution in [1.82, 2.24) is 0 Å². The Labute approximate surface area is 257 Å². The van der Waals surface area contributed by atoms with Crippen LogP contribution in [0.15, 0.2) is 121 Å². The Morgan fingerprint density at radius 3 is 1.45 bits per heavy atom. The van der Waals surface area contributed by atoms with Gasteiger partial charge in [-0.25, -0.2) is 0 Å². The van der Waals surface area contributed by atoms with Gasteiger partial charge in [0, 0.05) is 25.2 Å². The quantitative estimate of drug-likeness (QED) is 0.113. The first kappa shape index (κ1) is 29.0. The smallest absolute Gasteiger partial charge is 0.302 e. The lowest BCUT2D eigenvalue weighted by Crippen LogP contribution is -2.10. The number of carbonyl (C=O) groups excluding carboxylic acids is 1. The molecular formula is C39H34O5. The summed E-state index contributed by atoms with van der Waals surface area (Å²) in [5, 5.41) is 4.24. The topological polar surface area (TPSA) is 54.0 Å². The van der Waals surface area contributed by atoms with Gasteiger partial charge < -0.3 is 18.9 Å². The van der Waals surface area contributed by atoms with Gasteiger partial charge in [-0.2, -0.15) is 0 Å². The molecule has 0 bridgehead atoms. The van der Waals surface area contributed by atoms with E-state index in [9.17, 15) is 4.79 Å².